The molecule has 0 spiro atoms. The average Bonchev–Trinajstić information content (AvgIpc) is 3.12. The van der Waals surface area contributed by atoms with Crippen LogP contribution in [-0.4, -0.2) is 34.0 Å². The minimum Gasteiger partial charge on any atom is -0.342 e. The topological polar surface area (TPSA) is 61.0 Å². The van der Waals surface area contributed by atoms with Gasteiger partial charge in [-0.3, -0.25) is 0 Å². The molecular weight excluding hydrogens is 296 g/mol. The molecule has 2 N–H and O–H groups in total. The number of thiophene rings is 1. The molecule has 6 heteroatoms. The molecular formula is C16H16N4OS. The predicted molar refractivity (Wildman–Crippen MR) is 87.0 cm³/mol. The average molecular weight is 312 g/mol. The first-order valence-electron chi connectivity index (χ1n) is 7.29. The van der Waals surface area contributed by atoms with Crippen LogP contribution in [0.3, 0.4) is 0 Å². The molecule has 0 unspecified atom stereocenters. The number of nitrogens with zero attached hydrogens (tertiary/aromatic N) is 2. The fraction of sp³-hybridized carbons (Fsp3) is 0.250. The number of H-pyrrole nitrogens is 1. The van der Waals surface area contributed by atoms with E-state index in [9.17, 15) is 4.79 Å². The van der Waals surface area contributed by atoms with E-state index in [0.717, 1.165) is 29.9 Å². The summed E-state index contributed by atoms with van der Waals surface area (Å²) >= 11 is 1.65. The standard InChI is InChI=1S/C16H16N4OS/c21-16(17-8-12-4-3-7-22-12)20-9-11(10-20)15-18-13-5-1-2-6-14(13)19-15/h1-7,11H,8-10H2,(H,17,21)(H,18,19). The summed E-state index contributed by atoms with van der Waals surface area (Å²) < 4.78 is 0. The molecule has 4 rings (SSSR count). The second-order valence-electron chi connectivity index (χ2n) is 5.48. The van der Waals surface area contributed by atoms with Crippen LogP contribution in [0.25, 0.3) is 11.0 Å². The number of urea groups is 1. The highest BCUT2D eigenvalue weighted by Gasteiger charge is 2.33. The fourth-order valence-electron chi connectivity index (χ4n) is 2.67. The van der Waals surface area contributed by atoms with Crippen LogP contribution in [0, 0.1) is 0 Å². The summed E-state index contributed by atoms with van der Waals surface area (Å²) in [6, 6.07) is 12.0. The molecule has 112 valence electrons. The van der Waals surface area contributed by atoms with Gasteiger partial charge in [0, 0.05) is 18.0 Å². The van der Waals surface area contributed by atoms with Crippen LogP contribution in [0.5, 0.6) is 0 Å². The third-order valence-corrected chi connectivity index (χ3v) is 4.83. The molecule has 0 radical (unpaired) electrons. The lowest BCUT2D eigenvalue weighted by Crippen LogP contribution is -2.52. The first-order valence-corrected chi connectivity index (χ1v) is 8.17. The number of benzene rings is 1. The van der Waals surface area contributed by atoms with E-state index in [2.05, 4.69) is 15.3 Å². The van der Waals surface area contributed by atoms with Crippen LogP contribution in [0.2, 0.25) is 0 Å². The predicted octanol–water partition coefficient (Wildman–Crippen LogP) is 2.93. The van der Waals surface area contributed by atoms with E-state index in [-0.39, 0.29) is 6.03 Å². The van der Waals surface area contributed by atoms with E-state index in [1.165, 1.54) is 4.88 Å². The van der Waals surface area contributed by atoms with Crippen molar-refractivity contribution in [3.8, 4) is 0 Å². The molecule has 1 aromatic carbocycles. The monoisotopic (exact) mass is 312 g/mol. The maximum Gasteiger partial charge on any atom is 0.317 e. The zero-order chi connectivity index (χ0) is 14.9. The maximum atomic E-state index is 12.1. The Kier molecular flexibility index (Phi) is 3.31. The first kappa shape index (κ1) is 13.3. The molecule has 5 nitrogen and oxygen atoms in total. The SMILES string of the molecule is O=C(NCc1cccs1)N1CC(c2nc3ccccc3[nH]2)C1. The second-order valence-corrected chi connectivity index (χ2v) is 6.51. The third kappa shape index (κ3) is 2.46. The summed E-state index contributed by atoms with van der Waals surface area (Å²) in [5.41, 5.74) is 2.04. The summed E-state index contributed by atoms with van der Waals surface area (Å²) in [5.74, 6) is 1.28. The summed E-state index contributed by atoms with van der Waals surface area (Å²) in [7, 11) is 0. The molecule has 1 saturated heterocycles. The number of aromatic nitrogens is 2. The van der Waals surface area contributed by atoms with Crippen LogP contribution in [-0.2, 0) is 6.54 Å². The number of nitrogens with one attached hydrogen (secondary N) is 2. The summed E-state index contributed by atoms with van der Waals surface area (Å²) in [5, 5.41) is 4.97. The quantitative estimate of drug-likeness (QED) is 0.781. The normalized spacial score (nSPS) is 15.0. The lowest BCUT2D eigenvalue weighted by molar-refractivity contribution is 0.148. The molecule has 2 amide bonds. The highest BCUT2D eigenvalue weighted by Crippen LogP contribution is 2.26. The van der Waals surface area contributed by atoms with Gasteiger partial charge in [-0.25, -0.2) is 9.78 Å². The van der Waals surface area contributed by atoms with Crippen molar-refractivity contribution in [1.82, 2.24) is 20.2 Å². The minimum atomic E-state index is 0.000705. The van der Waals surface area contributed by atoms with Gasteiger partial charge < -0.3 is 15.2 Å². The Morgan fingerprint density at radius 2 is 2.18 bits per heavy atom. The van der Waals surface area contributed by atoms with Crippen LogP contribution in [0.1, 0.15) is 16.6 Å². The molecule has 0 aliphatic carbocycles. The van der Waals surface area contributed by atoms with Crippen LogP contribution in [0.4, 0.5) is 4.79 Å². The number of hydrogen-bond acceptors (Lipinski definition) is 3. The molecule has 0 atom stereocenters. The van der Waals surface area contributed by atoms with Gasteiger partial charge in [-0.05, 0) is 23.6 Å². The van der Waals surface area contributed by atoms with Gasteiger partial charge in [-0.1, -0.05) is 18.2 Å². The van der Waals surface area contributed by atoms with Gasteiger partial charge >= 0.3 is 6.03 Å². The van der Waals surface area contributed by atoms with Crippen molar-refractivity contribution < 1.29 is 4.79 Å². The van der Waals surface area contributed by atoms with Crippen LogP contribution >= 0.6 is 11.3 Å². The Hall–Kier alpha value is -2.34. The van der Waals surface area contributed by atoms with Crippen molar-refractivity contribution in [2.45, 2.75) is 12.5 Å². The number of likely N-dealkylation sites (tertiary alicyclic amines) is 1. The van der Waals surface area contributed by atoms with Crippen molar-refractivity contribution in [3.63, 3.8) is 0 Å². The first-order chi connectivity index (χ1) is 10.8. The lowest BCUT2D eigenvalue weighted by atomic mass is 10.0. The minimum absolute atomic E-state index is 0.000705. The molecule has 0 bridgehead atoms. The number of carbonyl (C=O) groups is 1. The Bertz CT molecular complexity index is 756. The summed E-state index contributed by atoms with van der Waals surface area (Å²) in [6.07, 6.45) is 0. The lowest BCUT2D eigenvalue weighted by Gasteiger charge is -2.37. The van der Waals surface area contributed by atoms with Crippen molar-refractivity contribution in [1.29, 1.82) is 0 Å². The van der Waals surface area contributed by atoms with E-state index >= 15 is 0 Å². The number of amides is 2. The molecule has 0 saturated carbocycles. The number of hydrogen-bond donors (Lipinski definition) is 2. The molecule has 1 aliphatic heterocycles. The number of carbonyl (C=O) groups excluding carboxylic acids is 1. The van der Waals surface area contributed by atoms with Crippen LogP contribution < -0.4 is 5.32 Å². The van der Waals surface area contributed by atoms with E-state index in [1.807, 2.05) is 46.7 Å². The Morgan fingerprint density at radius 3 is 2.95 bits per heavy atom. The number of imidazole rings is 1. The van der Waals surface area contributed by atoms with Gasteiger partial charge in [-0.2, -0.15) is 0 Å². The van der Waals surface area contributed by atoms with E-state index in [4.69, 9.17) is 0 Å². The largest absolute Gasteiger partial charge is 0.342 e. The zero-order valence-corrected chi connectivity index (χ0v) is 12.8. The van der Waals surface area contributed by atoms with Crippen molar-refractivity contribution in [2.75, 3.05) is 13.1 Å². The molecule has 22 heavy (non-hydrogen) atoms. The fourth-order valence-corrected chi connectivity index (χ4v) is 3.32. The molecule has 3 aromatic rings. The van der Waals surface area contributed by atoms with Gasteiger partial charge in [0.1, 0.15) is 5.82 Å². The van der Waals surface area contributed by atoms with E-state index in [0.29, 0.717) is 12.5 Å². The highest BCUT2D eigenvalue weighted by molar-refractivity contribution is 7.09. The second kappa shape index (κ2) is 5.46. The van der Waals surface area contributed by atoms with Crippen LogP contribution in [0.15, 0.2) is 41.8 Å². The van der Waals surface area contributed by atoms with Gasteiger partial charge in [0.15, 0.2) is 0 Å². The molecule has 3 heterocycles. The smallest absolute Gasteiger partial charge is 0.317 e. The molecule has 1 aliphatic rings. The van der Waals surface area contributed by atoms with Gasteiger partial charge in [0.05, 0.1) is 23.5 Å². The van der Waals surface area contributed by atoms with E-state index in [1.54, 1.807) is 11.3 Å². The number of para-hydroxylation sites is 2. The maximum absolute atomic E-state index is 12.1. The Labute approximate surface area is 132 Å². The van der Waals surface area contributed by atoms with Crippen molar-refractivity contribution in [2.24, 2.45) is 0 Å². The van der Waals surface area contributed by atoms with Gasteiger partial charge in [0.2, 0.25) is 0 Å². The molecule has 2 aromatic heterocycles. The number of rotatable bonds is 3. The number of fused-ring (bicyclic) bond motifs is 1. The highest BCUT2D eigenvalue weighted by atomic mass is 32.1. The molecule has 1 fully saturated rings. The summed E-state index contributed by atoms with van der Waals surface area (Å²) in [6.45, 7) is 2.04. The van der Waals surface area contributed by atoms with Gasteiger partial charge in [0.25, 0.3) is 0 Å². The Balaban J connectivity index is 1.34. The third-order valence-electron chi connectivity index (χ3n) is 3.96. The van der Waals surface area contributed by atoms with Crippen molar-refractivity contribution in [3.05, 3.63) is 52.5 Å². The van der Waals surface area contributed by atoms with Crippen molar-refractivity contribution >= 4 is 28.4 Å². The summed E-state index contributed by atoms with van der Waals surface area (Å²) in [4.78, 5) is 23.0. The number of aromatic amines is 1. The van der Waals surface area contributed by atoms with Gasteiger partial charge in [-0.15, -0.1) is 11.3 Å². The Morgan fingerprint density at radius 1 is 1.32 bits per heavy atom. The van der Waals surface area contributed by atoms with E-state index < -0.39 is 0 Å². The zero-order valence-electron chi connectivity index (χ0n) is 12.0.